The van der Waals surface area contributed by atoms with Crippen molar-refractivity contribution < 1.29 is 33.2 Å². The molecule has 6 fully saturated rings. The van der Waals surface area contributed by atoms with E-state index in [0.717, 1.165) is 137 Å². The Balaban J connectivity index is 0.000000191. The van der Waals surface area contributed by atoms with Gasteiger partial charge in [-0.25, -0.2) is 9.24 Å². The number of halogens is 1. The number of anilines is 6. The minimum Gasteiger partial charge on any atom is -0.377 e. The molecule has 0 saturated carbocycles. The second-order valence-electron chi connectivity index (χ2n) is 37.6. The van der Waals surface area contributed by atoms with Gasteiger partial charge in [-0.2, -0.15) is 0 Å². The standard InChI is InChI=1S/C16H21N3O.4C16H24N2O.C15H21FN2O/c1-16(2,3)15(20)19-11-9-18(10-12-19)14-8-6-5-7-13(14)17-4;2*1-13-5-7-14(8-6-13)17-9-11-18(12-10-17)15(19)16(2,3)4;2*1-13-6-5-7-14(12-13)17-8-10-18(11-9-17)15(19)16(2,3)4;1-15(2,3)14(19)18-10-8-17(9-11-18)13-7-5-4-6-12(13)16/h5-8H,9-12H2,1-3H3;2*5-8H,9-12H2,1-4H3;2*5-7,12H,8-11H2,1-4H3;4-7H,8-11H2,1-3H3. The summed E-state index contributed by atoms with van der Waals surface area (Å²) in [5.41, 5.74) is 10.7. The van der Waals surface area contributed by atoms with Crippen LogP contribution in [0, 0.1) is 72.6 Å². The highest BCUT2D eigenvalue weighted by Crippen LogP contribution is 2.32. The van der Waals surface area contributed by atoms with Gasteiger partial charge in [-0.15, -0.1) is 0 Å². The molecule has 0 aliphatic carbocycles. The molecule has 0 aromatic heterocycles. The third-order valence-corrected chi connectivity index (χ3v) is 21.3. The van der Waals surface area contributed by atoms with Crippen molar-refractivity contribution in [3.8, 4) is 0 Å². The molecular formula is C95H138FN13O6. The molecule has 0 radical (unpaired) electrons. The predicted molar refractivity (Wildman–Crippen MR) is 473 cm³/mol. The molecule has 626 valence electrons. The van der Waals surface area contributed by atoms with E-state index in [0.29, 0.717) is 37.6 Å². The van der Waals surface area contributed by atoms with Crippen LogP contribution in [-0.2, 0) is 28.8 Å². The maximum Gasteiger partial charge on any atom is 0.228 e. The number of amides is 6. The molecule has 115 heavy (non-hydrogen) atoms. The smallest absolute Gasteiger partial charge is 0.228 e. The van der Waals surface area contributed by atoms with Crippen LogP contribution in [0.1, 0.15) is 147 Å². The fourth-order valence-corrected chi connectivity index (χ4v) is 14.5. The van der Waals surface area contributed by atoms with E-state index in [2.05, 4.69) is 154 Å². The van der Waals surface area contributed by atoms with E-state index in [-0.39, 0.29) is 73.8 Å². The van der Waals surface area contributed by atoms with Gasteiger partial charge in [0.25, 0.3) is 0 Å². The van der Waals surface area contributed by atoms with Crippen molar-refractivity contribution in [2.75, 3.05) is 186 Å². The van der Waals surface area contributed by atoms with Crippen molar-refractivity contribution in [1.29, 1.82) is 0 Å². The lowest BCUT2D eigenvalue weighted by Gasteiger charge is -2.39. The largest absolute Gasteiger partial charge is 0.377 e. The fourth-order valence-electron chi connectivity index (χ4n) is 14.5. The maximum absolute atomic E-state index is 13.7. The van der Waals surface area contributed by atoms with E-state index in [1.54, 1.807) is 12.1 Å². The molecule has 19 nitrogen and oxygen atoms in total. The zero-order valence-electron chi connectivity index (χ0n) is 74.0. The van der Waals surface area contributed by atoms with Gasteiger partial charge in [-0.05, 0) is 106 Å². The zero-order chi connectivity index (χ0) is 85.0. The Morgan fingerprint density at radius 1 is 0.261 bits per heavy atom. The van der Waals surface area contributed by atoms with Crippen LogP contribution >= 0.6 is 0 Å². The Kier molecular flexibility index (Phi) is 32.8. The number of rotatable bonds is 6. The van der Waals surface area contributed by atoms with Crippen molar-refractivity contribution in [2.45, 2.75) is 152 Å². The topological polar surface area (TPSA) is 146 Å². The number of carbonyl (C=O) groups excluding carboxylic acids is 6. The minimum absolute atomic E-state index is 0.167. The van der Waals surface area contributed by atoms with Crippen LogP contribution in [0.4, 0.5) is 44.2 Å². The molecule has 0 atom stereocenters. The lowest BCUT2D eigenvalue weighted by Crippen LogP contribution is -2.51. The minimum atomic E-state index is -0.347. The van der Waals surface area contributed by atoms with Crippen LogP contribution in [0.2, 0.25) is 0 Å². The SMILES string of the molecule is CC(C)(C)C(=O)N1CCN(c2ccccc2F)CC1.Cc1ccc(N2CCN(C(=O)C(C)(C)C)CC2)cc1.Cc1ccc(N2CCN(C(=O)C(C)(C)C)CC2)cc1.Cc1cccc(N2CCN(C(=O)C(C)(C)C)CC2)c1.Cc1cccc(N2CCN(C(=O)C(C)(C)C)CC2)c1.[C-]#[N+]c1ccccc1N1CCN(C(=O)C(C)(C)C)CC1. The van der Waals surface area contributed by atoms with Crippen molar-refractivity contribution in [3.05, 3.63) is 185 Å². The summed E-state index contributed by atoms with van der Waals surface area (Å²) in [6.07, 6.45) is 0. The number of hydrogen-bond acceptors (Lipinski definition) is 12. The van der Waals surface area contributed by atoms with E-state index < -0.39 is 0 Å². The lowest BCUT2D eigenvalue weighted by molar-refractivity contribution is -0.140. The Morgan fingerprint density at radius 3 is 0.730 bits per heavy atom. The van der Waals surface area contributed by atoms with Crippen LogP contribution in [0.3, 0.4) is 0 Å². The highest BCUT2D eigenvalue weighted by atomic mass is 19.1. The van der Waals surface area contributed by atoms with Gasteiger partial charge in [-0.1, -0.05) is 215 Å². The Labute approximate surface area is 690 Å². The monoisotopic (exact) mass is 1580 g/mol. The highest BCUT2D eigenvalue weighted by Gasteiger charge is 2.36. The Hall–Kier alpha value is -9.64. The molecule has 6 aliphatic rings. The van der Waals surface area contributed by atoms with E-state index in [4.69, 9.17) is 6.57 Å². The van der Waals surface area contributed by atoms with Crippen LogP contribution in [-0.4, -0.2) is 222 Å². The predicted octanol–water partition coefficient (Wildman–Crippen LogP) is 16.2. The highest BCUT2D eigenvalue weighted by molar-refractivity contribution is 5.85. The first-order valence-electron chi connectivity index (χ1n) is 41.6. The van der Waals surface area contributed by atoms with Crippen LogP contribution in [0.25, 0.3) is 4.85 Å². The van der Waals surface area contributed by atoms with Gasteiger partial charge in [0.15, 0.2) is 0 Å². The molecule has 6 amide bonds. The average molecular weight is 1580 g/mol. The number of nitrogens with zero attached hydrogens (tertiary/aromatic N) is 13. The summed E-state index contributed by atoms with van der Waals surface area (Å²) in [6.45, 7) is 70.8. The maximum atomic E-state index is 13.7. The van der Waals surface area contributed by atoms with E-state index in [9.17, 15) is 33.2 Å². The molecule has 0 N–H and O–H groups in total. The number of carbonyl (C=O) groups is 6. The van der Waals surface area contributed by atoms with Gasteiger partial charge in [0, 0.05) is 218 Å². The second kappa shape index (κ2) is 40.8. The average Bonchev–Trinajstić information content (AvgIpc) is 0.834. The van der Waals surface area contributed by atoms with Crippen molar-refractivity contribution >= 4 is 75.3 Å². The van der Waals surface area contributed by atoms with Gasteiger partial charge < -0.3 is 58.8 Å². The Morgan fingerprint density at radius 2 is 0.487 bits per heavy atom. The van der Waals surface area contributed by atoms with E-state index >= 15 is 0 Å². The fraction of sp³-hybridized carbons (Fsp3) is 0.547. The molecule has 0 spiro atoms. The molecule has 6 aromatic carbocycles. The Bertz CT molecular complexity index is 3990. The summed E-state index contributed by atoms with van der Waals surface area (Å²) in [5.74, 6) is 1.22. The molecule has 6 saturated heterocycles. The van der Waals surface area contributed by atoms with Crippen LogP contribution in [0.5, 0.6) is 0 Å². The molecule has 6 aromatic rings. The zero-order valence-corrected chi connectivity index (χ0v) is 74.0. The van der Waals surface area contributed by atoms with Gasteiger partial charge >= 0.3 is 0 Å². The first-order valence-corrected chi connectivity index (χ1v) is 41.6. The number of benzene rings is 6. The quantitative estimate of drug-likeness (QED) is 0.146. The summed E-state index contributed by atoms with van der Waals surface area (Å²) in [4.78, 5) is 102. The third kappa shape index (κ3) is 27.8. The van der Waals surface area contributed by atoms with Crippen molar-refractivity contribution in [3.63, 3.8) is 0 Å². The molecule has 6 aliphatic heterocycles. The molecular weight excluding hydrogens is 1440 g/mol. The summed E-state index contributed by atoms with van der Waals surface area (Å²) >= 11 is 0. The number of hydrogen-bond donors (Lipinski definition) is 0. The van der Waals surface area contributed by atoms with E-state index in [1.165, 1.54) is 51.1 Å². The van der Waals surface area contributed by atoms with Gasteiger partial charge in [0.1, 0.15) is 5.82 Å². The second-order valence-corrected chi connectivity index (χ2v) is 37.6. The molecule has 20 heteroatoms. The summed E-state index contributed by atoms with van der Waals surface area (Å²) in [7, 11) is 0. The van der Waals surface area contributed by atoms with Crippen LogP contribution < -0.4 is 29.4 Å². The number of aryl methyl sites for hydroxylation is 4. The van der Waals surface area contributed by atoms with Crippen molar-refractivity contribution in [2.24, 2.45) is 32.5 Å². The molecule has 0 unspecified atom stereocenters. The van der Waals surface area contributed by atoms with Crippen molar-refractivity contribution in [1.82, 2.24) is 29.4 Å². The normalized spacial score (nSPS) is 16.5. The number of piperazine rings is 6. The van der Waals surface area contributed by atoms with Gasteiger partial charge in [-0.3, -0.25) is 28.8 Å². The van der Waals surface area contributed by atoms with Gasteiger partial charge in [0.2, 0.25) is 41.1 Å². The summed E-state index contributed by atoms with van der Waals surface area (Å²) in [5, 5.41) is 0. The molecule has 0 bridgehead atoms. The molecule has 12 rings (SSSR count). The summed E-state index contributed by atoms with van der Waals surface area (Å²) < 4.78 is 13.7. The molecule has 6 heterocycles. The number of para-hydroxylation sites is 3. The van der Waals surface area contributed by atoms with E-state index in [1.807, 2.05) is 189 Å². The third-order valence-electron chi connectivity index (χ3n) is 21.3. The van der Waals surface area contributed by atoms with Gasteiger partial charge in [0.05, 0.1) is 12.3 Å². The summed E-state index contributed by atoms with van der Waals surface area (Å²) in [6, 6.07) is 48.8. The first-order chi connectivity index (χ1) is 53.8. The first kappa shape index (κ1) is 92.5. The van der Waals surface area contributed by atoms with Crippen LogP contribution in [0.15, 0.2) is 146 Å². The lowest BCUT2D eigenvalue weighted by atomic mass is 9.94.